The van der Waals surface area contributed by atoms with Crippen molar-refractivity contribution in [1.82, 2.24) is 0 Å². The second-order valence-electron chi connectivity index (χ2n) is 6.91. The zero-order chi connectivity index (χ0) is 22.5. The van der Waals surface area contributed by atoms with Crippen LogP contribution in [0.4, 0.5) is 5.88 Å². The Bertz CT molecular complexity index is 1300. The summed E-state index contributed by atoms with van der Waals surface area (Å²) in [4.78, 5) is 4.41. The van der Waals surface area contributed by atoms with E-state index in [0.717, 1.165) is 11.1 Å². The number of furan rings is 1. The molecule has 0 unspecified atom stereocenters. The van der Waals surface area contributed by atoms with Gasteiger partial charge in [-0.25, -0.2) is 4.99 Å². The first kappa shape index (κ1) is 20.8. The highest BCUT2D eigenvalue weighted by atomic mass is 16.5. The molecule has 0 radical (unpaired) electrons. The largest absolute Gasteiger partial charge is 0.508 e. The minimum Gasteiger partial charge on any atom is -0.508 e. The molecule has 0 spiro atoms. The summed E-state index contributed by atoms with van der Waals surface area (Å²) < 4.78 is 16.6. The minimum absolute atomic E-state index is 0.131. The van der Waals surface area contributed by atoms with Crippen molar-refractivity contribution in [2.24, 2.45) is 4.99 Å². The van der Waals surface area contributed by atoms with Gasteiger partial charge in [-0.3, -0.25) is 0 Å². The van der Waals surface area contributed by atoms with E-state index in [4.69, 9.17) is 13.9 Å². The number of rotatable bonds is 6. The molecule has 1 heterocycles. The molecule has 158 valence electrons. The van der Waals surface area contributed by atoms with E-state index >= 15 is 0 Å². The molecule has 0 saturated carbocycles. The van der Waals surface area contributed by atoms with E-state index in [0.29, 0.717) is 33.9 Å². The fourth-order valence-corrected chi connectivity index (χ4v) is 3.33. The van der Waals surface area contributed by atoms with Crippen LogP contribution in [0.1, 0.15) is 11.1 Å². The third-order valence-corrected chi connectivity index (χ3v) is 4.93. The predicted octanol–water partition coefficient (Wildman–Crippen LogP) is 5.96. The lowest BCUT2D eigenvalue weighted by atomic mass is 9.98. The second kappa shape index (κ2) is 9.11. The van der Waals surface area contributed by atoms with E-state index in [1.807, 2.05) is 48.5 Å². The average Bonchev–Trinajstić information content (AvgIpc) is 3.21. The third-order valence-electron chi connectivity index (χ3n) is 4.93. The fraction of sp³-hybridized carbons (Fsp3) is 0.0769. The van der Waals surface area contributed by atoms with Crippen molar-refractivity contribution in [3.05, 3.63) is 83.9 Å². The van der Waals surface area contributed by atoms with Crippen LogP contribution in [0.3, 0.4) is 0 Å². The Morgan fingerprint density at radius 1 is 0.906 bits per heavy atom. The van der Waals surface area contributed by atoms with Crippen molar-refractivity contribution in [3.63, 3.8) is 0 Å². The first-order valence-electron chi connectivity index (χ1n) is 9.81. The van der Waals surface area contributed by atoms with Crippen molar-refractivity contribution < 1.29 is 19.0 Å². The Morgan fingerprint density at radius 3 is 2.09 bits per heavy atom. The van der Waals surface area contributed by atoms with Crippen LogP contribution < -0.4 is 9.47 Å². The van der Waals surface area contributed by atoms with Crippen molar-refractivity contribution in [2.75, 3.05) is 14.2 Å². The molecule has 0 bridgehead atoms. The molecule has 0 aliphatic rings. The second-order valence-corrected chi connectivity index (χ2v) is 6.91. The molecular formula is C26H20N2O4. The number of phenolic OH excluding ortho intramolecular Hbond substituents is 1. The molecule has 6 heteroatoms. The quantitative estimate of drug-likeness (QED) is 0.386. The standard InChI is InChI=1S/C26H20N2O4/c1-30-21-10-6-18(7-11-21)24-23(15-27)26(28-16-17-4-3-5-20(29)14-17)32-25(24)19-8-12-22(31-2)13-9-19/h3-14,16,29H,1-2H3/b28-16+. The van der Waals surface area contributed by atoms with Gasteiger partial charge < -0.3 is 19.0 Å². The first-order chi connectivity index (χ1) is 15.6. The maximum atomic E-state index is 9.98. The molecule has 0 amide bonds. The number of phenols is 1. The normalized spacial score (nSPS) is 10.8. The Kier molecular flexibility index (Phi) is 5.91. The Hall–Kier alpha value is -4.50. The number of aromatic hydroxyl groups is 1. The summed E-state index contributed by atoms with van der Waals surface area (Å²) in [5, 5.41) is 19.7. The lowest BCUT2D eigenvalue weighted by Crippen LogP contribution is -1.87. The van der Waals surface area contributed by atoms with Crippen molar-refractivity contribution in [3.8, 4) is 45.8 Å². The molecule has 1 N–H and O–H groups in total. The van der Waals surface area contributed by atoms with Gasteiger partial charge in [0.2, 0.25) is 5.88 Å². The molecule has 3 aromatic carbocycles. The number of hydrogen-bond acceptors (Lipinski definition) is 6. The lowest BCUT2D eigenvalue weighted by Gasteiger charge is -2.06. The van der Waals surface area contributed by atoms with Crippen LogP contribution >= 0.6 is 0 Å². The highest BCUT2D eigenvalue weighted by Crippen LogP contribution is 2.43. The maximum Gasteiger partial charge on any atom is 0.238 e. The topological polar surface area (TPSA) is 88.0 Å². The first-order valence-corrected chi connectivity index (χ1v) is 9.81. The highest BCUT2D eigenvalue weighted by Gasteiger charge is 2.23. The number of aliphatic imine (C=N–C) groups is 1. The van der Waals surface area contributed by atoms with Gasteiger partial charge in [-0.05, 0) is 59.7 Å². The molecule has 1 aromatic heterocycles. The van der Waals surface area contributed by atoms with Crippen LogP contribution in [0.5, 0.6) is 17.2 Å². The van der Waals surface area contributed by atoms with Crippen LogP contribution in [0.2, 0.25) is 0 Å². The van der Waals surface area contributed by atoms with Crippen LogP contribution in [0.25, 0.3) is 22.5 Å². The molecule has 0 aliphatic heterocycles. The number of nitriles is 1. The van der Waals surface area contributed by atoms with Gasteiger partial charge in [0.05, 0.1) is 14.2 Å². The smallest absolute Gasteiger partial charge is 0.238 e. The molecule has 0 fully saturated rings. The van der Waals surface area contributed by atoms with Gasteiger partial charge in [0.15, 0.2) is 0 Å². The van der Waals surface area contributed by atoms with E-state index in [-0.39, 0.29) is 11.6 Å². The number of methoxy groups -OCH3 is 2. The van der Waals surface area contributed by atoms with Gasteiger partial charge in [0.25, 0.3) is 0 Å². The summed E-state index contributed by atoms with van der Waals surface area (Å²) in [5.74, 6) is 2.27. The number of ether oxygens (including phenoxy) is 2. The highest BCUT2D eigenvalue weighted by molar-refractivity contribution is 5.90. The Balaban J connectivity index is 1.87. The monoisotopic (exact) mass is 424 g/mol. The summed E-state index contributed by atoms with van der Waals surface area (Å²) in [6.45, 7) is 0. The Morgan fingerprint density at radius 2 is 1.53 bits per heavy atom. The molecule has 32 heavy (non-hydrogen) atoms. The SMILES string of the molecule is COc1ccc(-c2oc(/N=C/c3cccc(O)c3)c(C#N)c2-c2ccc(OC)cc2)cc1. The van der Waals surface area contributed by atoms with Crippen LogP contribution in [0.15, 0.2) is 82.2 Å². The summed E-state index contributed by atoms with van der Waals surface area (Å²) in [6.07, 6.45) is 1.55. The molecular weight excluding hydrogens is 404 g/mol. The van der Waals surface area contributed by atoms with Gasteiger partial charge in [-0.2, -0.15) is 5.26 Å². The fourth-order valence-electron chi connectivity index (χ4n) is 3.33. The molecule has 4 aromatic rings. The van der Waals surface area contributed by atoms with Gasteiger partial charge in [0.1, 0.15) is 34.6 Å². The number of hydrogen-bond donors (Lipinski definition) is 1. The minimum atomic E-state index is 0.131. The molecule has 0 atom stereocenters. The maximum absolute atomic E-state index is 9.98. The summed E-state index contributed by atoms with van der Waals surface area (Å²) in [5.41, 5.74) is 3.23. The van der Waals surface area contributed by atoms with Crippen molar-refractivity contribution >= 4 is 12.1 Å². The molecule has 6 nitrogen and oxygen atoms in total. The van der Waals surface area contributed by atoms with E-state index in [9.17, 15) is 10.4 Å². The van der Waals surface area contributed by atoms with Crippen LogP contribution in [-0.4, -0.2) is 25.5 Å². The van der Waals surface area contributed by atoms with Gasteiger partial charge in [0, 0.05) is 17.3 Å². The molecule has 4 rings (SSSR count). The van der Waals surface area contributed by atoms with E-state index in [1.165, 1.54) is 0 Å². The summed E-state index contributed by atoms with van der Waals surface area (Å²) >= 11 is 0. The average molecular weight is 424 g/mol. The van der Waals surface area contributed by atoms with Crippen LogP contribution in [-0.2, 0) is 0 Å². The number of benzene rings is 3. The zero-order valence-corrected chi connectivity index (χ0v) is 17.6. The van der Waals surface area contributed by atoms with E-state index in [2.05, 4.69) is 11.1 Å². The lowest BCUT2D eigenvalue weighted by molar-refractivity contribution is 0.414. The Labute approximate surface area is 185 Å². The van der Waals surface area contributed by atoms with E-state index in [1.54, 1.807) is 44.7 Å². The molecule has 0 saturated heterocycles. The number of nitrogens with zero attached hydrogens (tertiary/aromatic N) is 2. The zero-order valence-electron chi connectivity index (χ0n) is 17.6. The molecule has 0 aliphatic carbocycles. The van der Waals surface area contributed by atoms with Gasteiger partial charge in [-0.15, -0.1) is 0 Å². The predicted molar refractivity (Wildman–Crippen MR) is 123 cm³/mol. The van der Waals surface area contributed by atoms with Gasteiger partial charge in [-0.1, -0.05) is 24.3 Å². The van der Waals surface area contributed by atoms with Gasteiger partial charge >= 0.3 is 0 Å². The van der Waals surface area contributed by atoms with Crippen molar-refractivity contribution in [1.29, 1.82) is 5.26 Å². The van der Waals surface area contributed by atoms with E-state index < -0.39 is 0 Å². The van der Waals surface area contributed by atoms with Crippen LogP contribution in [0, 0.1) is 11.3 Å². The summed E-state index contributed by atoms with van der Waals surface area (Å²) in [6, 6.07) is 23.7. The van der Waals surface area contributed by atoms with Crippen molar-refractivity contribution in [2.45, 2.75) is 0 Å². The third kappa shape index (κ3) is 4.18. The summed E-state index contributed by atoms with van der Waals surface area (Å²) in [7, 11) is 3.21.